The van der Waals surface area contributed by atoms with Crippen LogP contribution in [0.15, 0.2) is 30.3 Å². The molecule has 0 saturated heterocycles. The first-order chi connectivity index (χ1) is 13.6. The summed E-state index contributed by atoms with van der Waals surface area (Å²) in [5, 5.41) is 22.0. The Kier molecular flexibility index (Phi) is 6.03. The summed E-state index contributed by atoms with van der Waals surface area (Å²) in [7, 11) is 0. The molecular weight excluding hydrogens is 368 g/mol. The van der Waals surface area contributed by atoms with Crippen molar-refractivity contribution in [1.82, 2.24) is 10.3 Å². The zero-order valence-electron chi connectivity index (χ0n) is 17.7. The molecule has 158 valence electrons. The van der Waals surface area contributed by atoms with Gasteiger partial charge in [0.1, 0.15) is 11.3 Å². The maximum atomic E-state index is 11.1. The Labute approximate surface area is 172 Å². The lowest BCUT2D eigenvalue weighted by molar-refractivity contribution is 0.0883. The van der Waals surface area contributed by atoms with E-state index in [1.165, 1.54) is 12.8 Å². The van der Waals surface area contributed by atoms with Crippen LogP contribution in [0, 0.1) is 11.3 Å². The third kappa shape index (κ3) is 4.99. The minimum absolute atomic E-state index is 0.246. The summed E-state index contributed by atoms with van der Waals surface area (Å²) >= 11 is 0. The molecule has 0 bridgehead atoms. The standard InChI is InChI=1S/C23H32N2O4/c1-22(2,3)16-6-8-17(9-7-16)29-18-10-11-19-15(13-18)5-12-20(24-19)23(4,14-26)25-21(27)28/h5,10-13,16-17,25-26H,6-9,14H2,1-4H3,(H,27,28). The van der Waals surface area contributed by atoms with Gasteiger partial charge < -0.3 is 20.3 Å². The van der Waals surface area contributed by atoms with E-state index in [0.717, 1.165) is 35.4 Å². The van der Waals surface area contributed by atoms with Gasteiger partial charge in [-0.15, -0.1) is 0 Å². The molecule has 29 heavy (non-hydrogen) atoms. The lowest BCUT2D eigenvalue weighted by Crippen LogP contribution is -2.46. The Morgan fingerprint density at radius 1 is 1.14 bits per heavy atom. The van der Waals surface area contributed by atoms with E-state index in [1.54, 1.807) is 13.0 Å². The molecule has 0 radical (unpaired) electrons. The number of aromatic nitrogens is 1. The zero-order chi connectivity index (χ0) is 21.2. The van der Waals surface area contributed by atoms with Gasteiger partial charge in [-0.1, -0.05) is 26.8 Å². The number of aliphatic hydroxyl groups is 1. The van der Waals surface area contributed by atoms with Crippen molar-refractivity contribution in [2.45, 2.75) is 65.0 Å². The van der Waals surface area contributed by atoms with Crippen molar-refractivity contribution < 1.29 is 19.7 Å². The highest BCUT2D eigenvalue weighted by Gasteiger charge is 2.31. The van der Waals surface area contributed by atoms with Gasteiger partial charge in [0.15, 0.2) is 0 Å². The second-order valence-corrected chi connectivity index (χ2v) is 9.43. The lowest BCUT2D eigenvalue weighted by Gasteiger charge is -2.37. The number of hydrogen-bond donors (Lipinski definition) is 3. The number of aliphatic hydroxyl groups excluding tert-OH is 1. The molecular formula is C23H32N2O4. The molecule has 3 N–H and O–H groups in total. The van der Waals surface area contributed by atoms with E-state index in [9.17, 15) is 9.90 Å². The fraction of sp³-hybridized carbons (Fsp3) is 0.565. The summed E-state index contributed by atoms with van der Waals surface area (Å²) in [6.07, 6.45) is 3.59. The summed E-state index contributed by atoms with van der Waals surface area (Å²) in [5.41, 5.74) is 0.416. The van der Waals surface area contributed by atoms with Crippen LogP contribution in [0.25, 0.3) is 10.9 Å². The minimum Gasteiger partial charge on any atom is -0.490 e. The van der Waals surface area contributed by atoms with E-state index in [0.29, 0.717) is 11.1 Å². The van der Waals surface area contributed by atoms with Crippen molar-refractivity contribution in [2.75, 3.05) is 6.61 Å². The number of ether oxygens (including phenoxy) is 1. The van der Waals surface area contributed by atoms with Crippen molar-refractivity contribution in [3.8, 4) is 5.75 Å². The fourth-order valence-electron chi connectivity index (χ4n) is 4.14. The number of rotatable bonds is 5. The number of carboxylic acid groups (broad SMARTS) is 1. The first-order valence-corrected chi connectivity index (χ1v) is 10.3. The average molecular weight is 401 g/mol. The smallest absolute Gasteiger partial charge is 0.405 e. The second kappa shape index (κ2) is 8.19. The van der Waals surface area contributed by atoms with Gasteiger partial charge in [0.05, 0.1) is 23.9 Å². The van der Waals surface area contributed by atoms with Crippen molar-refractivity contribution >= 4 is 17.0 Å². The van der Waals surface area contributed by atoms with E-state index in [2.05, 4.69) is 31.1 Å². The predicted octanol–water partition coefficient (Wildman–Crippen LogP) is 4.69. The summed E-state index contributed by atoms with van der Waals surface area (Å²) in [5.74, 6) is 1.58. The van der Waals surface area contributed by atoms with Gasteiger partial charge >= 0.3 is 6.09 Å². The molecule has 6 nitrogen and oxygen atoms in total. The molecule has 1 unspecified atom stereocenters. The molecule has 1 heterocycles. The topological polar surface area (TPSA) is 91.7 Å². The fourth-order valence-corrected chi connectivity index (χ4v) is 4.14. The Morgan fingerprint density at radius 3 is 2.41 bits per heavy atom. The molecule has 1 amide bonds. The molecule has 1 aliphatic rings. The van der Waals surface area contributed by atoms with Gasteiger partial charge in [0, 0.05) is 5.39 Å². The molecule has 1 saturated carbocycles. The number of nitrogens with zero attached hydrogens (tertiary/aromatic N) is 1. The van der Waals surface area contributed by atoms with E-state index in [1.807, 2.05) is 24.3 Å². The van der Waals surface area contributed by atoms with Gasteiger partial charge in [-0.2, -0.15) is 0 Å². The van der Waals surface area contributed by atoms with Gasteiger partial charge in [0.2, 0.25) is 0 Å². The molecule has 1 fully saturated rings. The summed E-state index contributed by atoms with van der Waals surface area (Å²) in [6.45, 7) is 8.18. The zero-order valence-corrected chi connectivity index (χ0v) is 17.7. The second-order valence-electron chi connectivity index (χ2n) is 9.43. The van der Waals surface area contributed by atoms with Crippen molar-refractivity contribution in [3.05, 3.63) is 36.0 Å². The number of amides is 1. The third-order valence-electron chi connectivity index (χ3n) is 6.13. The molecule has 6 heteroatoms. The van der Waals surface area contributed by atoms with E-state index >= 15 is 0 Å². The summed E-state index contributed by atoms with van der Waals surface area (Å²) in [6, 6.07) is 9.40. The molecule has 1 aromatic carbocycles. The Morgan fingerprint density at radius 2 is 1.83 bits per heavy atom. The molecule has 0 spiro atoms. The SMILES string of the molecule is CC(CO)(NC(=O)O)c1ccc2cc(OC3CCC(C(C)(C)C)CC3)ccc2n1. The highest BCUT2D eigenvalue weighted by Crippen LogP contribution is 2.39. The van der Waals surface area contributed by atoms with Crippen LogP contribution in [0.4, 0.5) is 4.79 Å². The summed E-state index contributed by atoms with van der Waals surface area (Å²) < 4.78 is 6.24. The first kappa shape index (κ1) is 21.4. The quantitative estimate of drug-likeness (QED) is 0.677. The molecule has 1 aromatic heterocycles. The Hall–Kier alpha value is -2.34. The van der Waals surface area contributed by atoms with Crippen LogP contribution in [-0.2, 0) is 5.54 Å². The van der Waals surface area contributed by atoms with Gasteiger partial charge in [-0.3, -0.25) is 4.98 Å². The molecule has 0 aliphatic heterocycles. The predicted molar refractivity (Wildman–Crippen MR) is 113 cm³/mol. The third-order valence-corrected chi connectivity index (χ3v) is 6.13. The highest BCUT2D eigenvalue weighted by molar-refractivity contribution is 5.80. The van der Waals surface area contributed by atoms with Crippen molar-refractivity contribution in [1.29, 1.82) is 0 Å². The number of nitrogens with one attached hydrogen (secondary N) is 1. The minimum atomic E-state index is -1.20. The maximum Gasteiger partial charge on any atom is 0.405 e. The van der Waals surface area contributed by atoms with Crippen LogP contribution in [-0.4, -0.2) is 34.0 Å². The van der Waals surface area contributed by atoms with E-state index < -0.39 is 11.6 Å². The van der Waals surface area contributed by atoms with E-state index in [4.69, 9.17) is 9.84 Å². The normalized spacial score (nSPS) is 22.1. The van der Waals surface area contributed by atoms with Crippen LogP contribution in [0.1, 0.15) is 59.1 Å². The van der Waals surface area contributed by atoms with Crippen molar-refractivity contribution in [2.24, 2.45) is 11.3 Å². The van der Waals surface area contributed by atoms with Crippen LogP contribution >= 0.6 is 0 Å². The molecule has 2 aromatic rings. The monoisotopic (exact) mass is 400 g/mol. The van der Waals surface area contributed by atoms with E-state index in [-0.39, 0.29) is 12.7 Å². The molecule has 1 atom stereocenters. The number of pyridine rings is 1. The number of fused-ring (bicyclic) bond motifs is 1. The Bertz CT molecular complexity index is 869. The van der Waals surface area contributed by atoms with Gasteiger partial charge in [-0.25, -0.2) is 4.79 Å². The lowest BCUT2D eigenvalue weighted by atomic mass is 9.72. The van der Waals surface area contributed by atoms with Crippen LogP contribution < -0.4 is 10.1 Å². The van der Waals surface area contributed by atoms with Gasteiger partial charge in [-0.05, 0) is 68.2 Å². The largest absolute Gasteiger partial charge is 0.490 e. The van der Waals surface area contributed by atoms with Crippen LogP contribution in [0.3, 0.4) is 0 Å². The Balaban J connectivity index is 1.72. The molecule has 1 aliphatic carbocycles. The van der Waals surface area contributed by atoms with Crippen LogP contribution in [0.2, 0.25) is 0 Å². The summed E-state index contributed by atoms with van der Waals surface area (Å²) in [4.78, 5) is 15.6. The maximum absolute atomic E-state index is 11.1. The van der Waals surface area contributed by atoms with Gasteiger partial charge in [0.25, 0.3) is 0 Å². The molecule has 3 rings (SSSR count). The average Bonchev–Trinajstić information content (AvgIpc) is 2.66. The highest BCUT2D eigenvalue weighted by atomic mass is 16.5. The number of hydrogen-bond acceptors (Lipinski definition) is 4. The number of benzene rings is 1. The van der Waals surface area contributed by atoms with Crippen LogP contribution in [0.5, 0.6) is 5.75 Å². The first-order valence-electron chi connectivity index (χ1n) is 10.3. The number of carbonyl (C=O) groups is 1. The van der Waals surface area contributed by atoms with Crippen molar-refractivity contribution in [3.63, 3.8) is 0 Å².